The van der Waals surface area contributed by atoms with Gasteiger partial charge in [-0.3, -0.25) is 5.09 Å². The van der Waals surface area contributed by atoms with Crippen LogP contribution in [-0.4, -0.2) is 6.54 Å². The van der Waals surface area contributed by atoms with Crippen LogP contribution in [0.5, 0.6) is 0 Å². The van der Waals surface area contributed by atoms with E-state index in [0.717, 1.165) is 0 Å². The first kappa shape index (κ1) is 8.46. The van der Waals surface area contributed by atoms with Gasteiger partial charge in [-0.15, -0.1) is 0 Å². The van der Waals surface area contributed by atoms with E-state index in [1.54, 1.807) is 0 Å². The number of halogens is 2. The normalized spacial score (nSPS) is 9.25. The molecule has 5 heteroatoms. The summed E-state index contributed by atoms with van der Waals surface area (Å²) >= 11 is 10.6. The van der Waals surface area contributed by atoms with Crippen molar-refractivity contribution in [2.75, 3.05) is 6.54 Å². The first-order valence-corrected chi connectivity index (χ1v) is 5.14. The zero-order chi connectivity index (χ0) is 6.41. The molecule has 2 nitrogen and oxygen atoms in total. The minimum absolute atomic E-state index is 0.457. The van der Waals surface area contributed by atoms with E-state index in [1.165, 1.54) is 0 Å². The second-order valence-electron chi connectivity index (χ2n) is 1.05. The van der Waals surface area contributed by atoms with E-state index in [-0.39, 0.29) is 0 Å². The predicted octanol–water partition coefficient (Wildman–Crippen LogP) is 2.19. The minimum atomic E-state index is -1.07. The standard InChI is InChI=1S/C3H5Cl2N2P/c4-8(5)7-3-1-2-6/h7H,1,3H2. The van der Waals surface area contributed by atoms with E-state index in [2.05, 4.69) is 5.09 Å². The van der Waals surface area contributed by atoms with E-state index in [0.29, 0.717) is 13.0 Å². The van der Waals surface area contributed by atoms with Crippen LogP contribution in [-0.2, 0) is 0 Å². The summed E-state index contributed by atoms with van der Waals surface area (Å²) < 4.78 is 0. The zero-order valence-corrected chi connectivity index (χ0v) is 6.47. The van der Waals surface area contributed by atoms with Crippen molar-refractivity contribution >= 4 is 29.3 Å². The molecule has 0 bridgehead atoms. The summed E-state index contributed by atoms with van der Waals surface area (Å²) in [5, 5.41) is 10.7. The molecular weight excluding hydrogens is 166 g/mol. The van der Waals surface area contributed by atoms with E-state index in [1.807, 2.05) is 6.07 Å². The molecule has 0 aliphatic rings. The van der Waals surface area contributed by atoms with Crippen LogP contribution in [0.1, 0.15) is 6.42 Å². The van der Waals surface area contributed by atoms with E-state index < -0.39 is 6.78 Å². The van der Waals surface area contributed by atoms with Crippen LogP contribution in [0.15, 0.2) is 0 Å². The fraction of sp³-hybridized carbons (Fsp3) is 0.667. The molecular formula is C3H5Cl2N2P. The molecule has 0 heterocycles. The van der Waals surface area contributed by atoms with E-state index in [4.69, 9.17) is 27.7 Å². The monoisotopic (exact) mass is 170 g/mol. The van der Waals surface area contributed by atoms with Crippen LogP contribution >= 0.6 is 29.3 Å². The Labute approximate surface area is 59.2 Å². The van der Waals surface area contributed by atoms with Crippen molar-refractivity contribution in [3.8, 4) is 6.07 Å². The Balaban J connectivity index is 2.85. The van der Waals surface area contributed by atoms with Gasteiger partial charge in [-0.25, -0.2) is 0 Å². The van der Waals surface area contributed by atoms with Crippen LogP contribution in [0.4, 0.5) is 0 Å². The molecule has 0 aromatic carbocycles. The highest BCUT2D eigenvalue weighted by Gasteiger charge is 1.93. The molecule has 8 heavy (non-hydrogen) atoms. The lowest BCUT2D eigenvalue weighted by Gasteiger charge is -1.97. The van der Waals surface area contributed by atoms with Gasteiger partial charge in [-0.2, -0.15) is 5.26 Å². The molecule has 0 saturated heterocycles. The number of rotatable bonds is 3. The fourth-order valence-electron chi connectivity index (χ4n) is 0.196. The quantitative estimate of drug-likeness (QED) is 0.521. The number of hydrogen-bond donors (Lipinski definition) is 1. The van der Waals surface area contributed by atoms with Crippen LogP contribution in [0.3, 0.4) is 0 Å². The lowest BCUT2D eigenvalue weighted by molar-refractivity contribution is 0.943. The van der Waals surface area contributed by atoms with Crippen molar-refractivity contribution in [1.29, 1.82) is 5.26 Å². The third kappa shape index (κ3) is 6.46. The Morgan fingerprint density at radius 3 is 2.62 bits per heavy atom. The van der Waals surface area contributed by atoms with Crippen LogP contribution in [0.25, 0.3) is 0 Å². The molecule has 0 atom stereocenters. The molecule has 0 unspecified atom stereocenters. The Morgan fingerprint density at radius 2 is 2.25 bits per heavy atom. The number of nitrogens with zero attached hydrogens (tertiary/aromatic N) is 1. The summed E-state index contributed by atoms with van der Waals surface area (Å²) in [4.78, 5) is 0. The average molecular weight is 171 g/mol. The molecule has 0 aromatic rings. The summed E-state index contributed by atoms with van der Waals surface area (Å²) in [7, 11) is 0. The molecule has 0 saturated carbocycles. The average Bonchev–Trinajstić information content (AvgIpc) is 1.66. The molecule has 0 aliphatic heterocycles. The van der Waals surface area contributed by atoms with Crippen molar-refractivity contribution < 1.29 is 0 Å². The van der Waals surface area contributed by atoms with Crippen molar-refractivity contribution in [3.05, 3.63) is 0 Å². The van der Waals surface area contributed by atoms with Gasteiger partial charge in [0.1, 0.15) is 0 Å². The van der Waals surface area contributed by atoms with Crippen LogP contribution in [0, 0.1) is 11.3 Å². The Bertz CT molecular complexity index is 89.8. The molecule has 0 amide bonds. The maximum absolute atomic E-state index is 8.01. The van der Waals surface area contributed by atoms with Crippen LogP contribution in [0.2, 0.25) is 0 Å². The molecule has 0 radical (unpaired) electrons. The second-order valence-corrected chi connectivity index (χ2v) is 4.38. The third-order valence-electron chi connectivity index (χ3n) is 0.468. The van der Waals surface area contributed by atoms with Gasteiger partial charge in [-0.05, 0) is 0 Å². The SMILES string of the molecule is N#CCCNP(Cl)Cl. The van der Waals surface area contributed by atoms with Gasteiger partial charge in [-0.1, -0.05) is 22.5 Å². The zero-order valence-electron chi connectivity index (χ0n) is 4.06. The highest BCUT2D eigenvalue weighted by Crippen LogP contribution is 2.41. The molecule has 0 spiro atoms. The molecule has 0 fully saturated rings. The van der Waals surface area contributed by atoms with Crippen molar-refractivity contribution in [1.82, 2.24) is 5.09 Å². The predicted molar refractivity (Wildman–Crippen MR) is 36.9 cm³/mol. The number of hydrogen-bond acceptors (Lipinski definition) is 2. The Kier molecular flexibility index (Phi) is 5.92. The smallest absolute Gasteiger partial charge is 0.157 e. The van der Waals surface area contributed by atoms with Gasteiger partial charge in [0, 0.05) is 13.0 Å². The van der Waals surface area contributed by atoms with Crippen LogP contribution < -0.4 is 5.09 Å². The summed E-state index contributed by atoms with van der Waals surface area (Å²) in [6.07, 6.45) is 0.457. The summed E-state index contributed by atoms with van der Waals surface area (Å²) in [5.41, 5.74) is 0. The van der Waals surface area contributed by atoms with Crippen molar-refractivity contribution in [2.24, 2.45) is 0 Å². The van der Waals surface area contributed by atoms with Gasteiger partial charge in [0.05, 0.1) is 6.07 Å². The third-order valence-corrected chi connectivity index (χ3v) is 1.65. The lowest BCUT2D eigenvalue weighted by Crippen LogP contribution is -2.01. The number of nitriles is 1. The molecule has 1 N–H and O–H groups in total. The van der Waals surface area contributed by atoms with Crippen molar-refractivity contribution in [2.45, 2.75) is 6.42 Å². The Hall–Kier alpha value is 0.460. The molecule has 0 aliphatic carbocycles. The maximum Gasteiger partial charge on any atom is 0.157 e. The fourth-order valence-corrected chi connectivity index (χ4v) is 0.984. The summed E-state index contributed by atoms with van der Waals surface area (Å²) in [6, 6.07) is 1.95. The summed E-state index contributed by atoms with van der Waals surface area (Å²) in [5.74, 6) is 0. The molecule has 0 rings (SSSR count). The minimum Gasteiger partial charge on any atom is -0.270 e. The van der Waals surface area contributed by atoms with E-state index in [9.17, 15) is 0 Å². The highest BCUT2D eigenvalue weighted by atomic mass is 35.9. The van der Waals surface area contributed by atoms with Gasteiger partial charge in [0.15, 0.2) is 6.78 Å². The van der Waals surface area contributed by atoms with Gasteiger partial charge in [0.2, 0.25) is 0 Å². The van der Waals surface area contributed by atoms with Gasteiger partial charge in [0.25, 0.3) is 0 Å². The van der Waals surface area contributed by atoms with Crippen molar-refractivity contribution in [3.63, 3.8) is 0 Å². The highest BCUT2D eigenvalue weighted by molar-refractivity contribution is 8.02. The second kappa shape index (κ2) is 5.59. The van der Waals surface area contributed by atoms with Gasteiger partial charge < -0.3 is 0 Å². The Morgan fingerprint density at radius 1 is 1.62 bits per heavy atom. The maximum atomic E-state index is 8.01. The first-order valence-electron chi connectivity index (χ1n) is 1.99. The summed E-state index contributed by atoms with van der Waals surface area (Å²) in [6.45, 7) is -0.490. The molecule has 46 valence electrons. The first-order chi connectivity index (χ1) is 3.77. The van der Waals surface area contributed by atoms with E-state index >= 15 is 0 Å². The largest absolute Gasteiger partial charge is 0.270 e. The molecule has 0 aromatic heterocycles. The lowest BCUT2D eigenvalue weighted by atomic mass is 10.5. The number of nitrogens with one attached hydrogen (secondary N) is 1. The topological polar surface area (TPSA) is 35.8 Å². The van der Waals surface area contributed by atoms with Gasteiger partial charge >= 0.3 is 0 Å².